The summed E-state index contributed by atoms with van der Waals surface area (Å²) >= 11 is 0. The largest absolute Gasteiger partial charge is 0.497 e. The van der Waals surface area contributed by atoms with Crippen molar-refractivity contribution in [2.45, 2.75) is 0 Å². The quantitative estimate of drug-likeness (QED) is 0.437. The Bertz CT molecular complexity index is 415. The molecule has 0 heterocycles. The third kappa shape index (κ3) is 3.93. The Morgan fingerprint density at radius 1 is 1.31 bits per heavy atom. The van der Waals surface area contributed by atoms with E-state index in [-0.39, 0.29) is 6.61 Å². The van der Waals surface area contributed by atoms with Gasteiger partial charge in [0.2, 0.25) is 0 Å². The Kier molecular flexibility index (Phi) is 4.74. The molecule has 0 aliphatic heterocycles. The first-order valence-corrected chi connectivity index (χ1v) is 4.60. The Hall–Kier alpha value is -2.15. The lowest BCUT2D eigenvalue weighted by Crippen LogP contribution is -1.98. The zero-order chi connectivity index (χ0) is 11.8. The smallest absolute Gasteiger partial charge is 0.384 e. The molecule has 0 aliphatic carbocycles. The van der Waals surface area contributed by atoms with Crippen molar-refractivity contribution >= 4 is 5.97 Å². The molecule has 0 atom stereocenters. The van der Waals surface area contributed by atoms with Crippen LogP contribution in [0.4, 0.5) is 0 Å². The van der Waals surface area contributed by atoms with Gasteiger partial charge in [-0.25, -0.2) is 4.79 Å². The van der Waals surface area contributed by atoms with Crippen LogP contribution in [0.5, 0.6) is 11.5 Å². The minimum absolute atomic E-state index is 0.127. The number of methoxy groups -OCH3 is 2. The zero-order valence-corrected chi connectivity index (χ0v) is 9.15. The minimum atomic E-state index is -0.575. The summed E-state index contributed by atoms with van der Waals surface area (Å²) in [4.78, 5) is 10.7. The van der Waals surface area contributed by atoms with Crippen LogP contribution in [0.25, 0.3) is 0 Å². The van der Waals surface area contributed by atoms with Gasteiger partial charge in [0.1, 0.15) is 18.1 Å². The second-order valence-corrected chi connectivity index (χ2v) is 2.76. The zero-order valence-electron chi connectivity index (χ0n) is 9.15. The number of hydrogen-bond donors (Lipinski definition) is 0. The normalized spacial score (nSPS) is 8.62. The van der Waals surface area contributed by atoms with Crippen LogP contribution in [0.1, 0.15) is 0 Å². The molecular weight excluding hydrogens is 208 g/mol. The maximum atomic E-state index is 10.7. The van der Waals surface area contributed by atoms with Gasteiger partial charge in [0.15, 0.2) is 0 Å². The Labute approximate surface area is 94.1 Å². The molecule has 0 fully saturated rings. The minimum Gasteiger partial charge on any atom is -0.497 e. The van der Waals surface area contributed by atoms with Gasteiger partial charge < -0.3 is 14.2 Å². The molecule has 84 valence electrons. The number of esters is 1. The van der Waals surface area contributed by atoms with Crippen LogP contribution in [0, 0.1) is 11.8 Å². The van der Waals surface area contributed by atoms with E-state index >= 15 is 0 Å². The number of carbonyl (C=O) groups excluding carboxylic acids is 1. The van der Waals surface area contributed by atoms with Crippen LogP contribution >= 0.6 is 0 Å². The van der Waals surface area contributed by atoms with E-state index in [4.69, 9.17) is 9.47 Å². The molecule has 1 rings (SSSR count). The van der Waals surface area contributed by atoms with Crippen molar-refractivity contribution in [2.75, 3.05) is 20.8 Å². The Balaban J connectivity index is 2.47. The van der Waals surface area contributed by atoms with E-state index in [9.17, 15) is 4.79 Å². The summed E-state index contributed by atoms with van der Waals surface area (Å²) in [6, 6.07) is 7.14. The second-order valence-electron chi connectivity index (χ2n) is 2.76. The van der Waals surface area contributed by atoms with Gasteiger partial charge in [-0.1, -0.05) is 6.07 Å². The molecular formula is C12H12O4. The molecule has 0 unspecified atom stereocenters. The second kappa shape index (κ2) is 6.36. The summed E-state index contributed by atoms with van der Waals surface area (Å²) in [5.41, 5.74) is 0. The predicted molar refractivity (Wildman–Crippen MR) is 58.3 cm³/mol. The molecule has 0 bridgehead atoms. The summed E-state index contributed by atoms with van der Waals surface area (Å²) in [7, 11) is 2.86. The van der Waals surface area contributed by atoms with E-state index in [2.05, 4.69) is 16.6 Å². The van der Waals surface area contributed by atoms with Gasteiger partial charge in [0.05, 0.1) is 14.2 Å². The Morgan fingerprint density at radius 3 is 2.75 bits per heavy atom. The lowest BCUT2D eigenvalue weighted by molar-refractivity contribution is -0.133. The highest BCUT2D eigenvalue weighted by molar-refractivity contribution is 5.88. The highest BCUT2D eigenvalue weighted by Crippen LogP contribution is 2.18. The number of carbonyl (C=O) groups is 1. The van der Waals surface area contributed by atoms with E-state index in [1.807, 2.05) is 12.1 Å². The molecule has 4 nitrogen and oxygen atoms in total. The van der Waals surface area contributed by atoms with Crippen molar-refractivity contribution in [3.8, 4) is 23.3 Å². The summed E-state index contributed by atoms with van der Waals surface area (Å²) in [6.07, 6.45) is 0. The number of hydrogen-bond acceptors (Lipinski definition) is 4. The number of ether oxygens (including phenoxy) is 3. The fourth-order valence-electron chi connectivity index (χ4n) is 0.970. The van der Waals surface area contributed by atoms with Crippen LogP contribution in [0.3, 0.4) is 0 Å². The van der Waals surface area contributed by atoms with Crippen LogP contribution in [0.15, 0.2) is 24.3 Å². The number of benzene rings is 1. The summed E-state index contributed by atoms with van der Waals surface area (Å²) in [6.45, 7) is 0.127. The van der Waals surface area contributed by atoms with Crippen LogP contribution in [0.2, 0.25) is 0 Å². The highest BCUT2D eigenvalue weighted by atomic mass is 16.5. The summed E-state index contributed by atoms with van der Waals surface area (Å²) in [5.74, 6) is 5.57. The van der Waals surface area contributed by atoms with E-state index in [0.29, 0.717) is 11.5 Å². The van der Waals surface area contributed by atoms with Gasteiger partial charge >= 0.3 is 5.97 Å². The third-order valence-electron chi connectivity index (χ3n) is 1.73. The molecule has 0 saturated heterocycles. The molecule has 16 heavy (non-hydrogen) atoms. The summed E-state index contributed by atoms with van der Waals surface area (Å²) < 4.78 is 14.7. The first kappa shape index (κ1) is 11.9. The monoisotopic (exact) mass is 220 g/mol. The van der Waals surface area contributed by atoms with Crippen LogP contribution < -0.4 is 9.47 Å². The van der Waals surface area contributed by atoms with E-state index < -0.39 is 5.97 Å². The lowest BCUT2D eigenvalue weighted by Gasteiger charge is -2.03. The van der Waals surface area contributed by atoms with Gasteiger partial charge in [-0.2, -0.15) is 0 Å². The lowest BCUT2D eigenvalue weighted by atomic mass is 10.3. The summed E-state index contributed by atoms with van der Waals surface area (Å²) in [5, 5.41) is 0. The maximum Gasteiger partial charge on any atom is 0.384 e. The van der Waals surface area contributed by atoms with E-state index in [0.717, 1.165) is 0 Å². The standard InChI is InChI=1S/C12H12O4/c1-14-10-5-3-6-11(9-10)16-8-4-7-12(13)15-2/h3,5-6,9H,8H2,1-2H3. The molecule has 0 radical (unpaired) electrons. The van der Waals surface area contributed by atoms with Crippen molar-refractivity contribution in [3.05, 3.63) is 24.3 Å². The van der Waals surface area contributed by atoms with Crippen LogP contribution in [-0.4, -0.2) is 26.8 Å². The van der Waals surface area contributed by atoms with Crippen molar-refractivity contribution in [3.63, 3.8) is 0 Å². The molecule has 1 aromatic carbocycles. The van der Waals surface area contributed by atoms with Gasteiger partial charge in [-0.05, 0) is 18.1 Å². The average Bonchev–Trinajstić information content (AvgIpc) is 2.34. The maximum absolute atomic E-state index is 10.7. The topological polar surface area (TPSA) is 44.8 Å². The van der Waals surface area contributed by atoms with Crippen molar-refractivity contribution in [2.24, 2.45) is 0 Å². The Morgan fingerprint density at radius 2 is 2.06 bits per heavy atom. The molecule has 0 aromatic heterocycles. The molecule has 0 saturated carbocycles. The van der Waals surface area contributed by atoms with Crippen molar-refractivity contribution < 1.29 is 19.0 Å². The highest BCUT2D eigenvalue weighted by Gasteiger charge is 1.95. The van der Waals surface area contributed by atoms with Gasteiger partial charge in [0.25, 0.3) is 0 Å². The molecule has 0 spiro atoms. The predicted octanol–water partition coefficient (Wildman–Crippen LogP) is 1.25. The molecule has 0 aliphatic rings. The fourth-order valence-corrected chi connectivity index (χ4v) is 0.970. The first-order chi connectivity index (χ1) is 7.76. The SMILES string of the molecule is COC(=O)C#CCOc1cccc(OC)c1. The van der Waals surface area contributed by atoms with E-state index in [1.165, 1.54) is 7.11 Å². The van der Waals surface area contributed by atoms with Gasteiger partial charge in [0, 0.05) is 12.0 Å². The van der Waals surface area contributed by atoms with Gasteiger partial charge in [-0.15, -0.1) is 0 Å². The molecule has 0 amide bonds. The van der Waals surface area contributed by atoms with Crippen molar-refractivity contribution in [1.29, 1.82) is 0 Å². The molecule has 4 heteroatoms. The molecule has 1 aromatic rings. The fraction of sp³-hybridized carbons (Fsp3) is 0.250. The first-order valence-electron chi connectivity index (χ1n) is 4.60. The number of rotatable bonds is 3. The van der Waals surface area contributed by atoms with Crippen molar-refractivity contribution in [1.82, 2.24) is 0 Å². The van der Waals surface area contributed by atoms with Crippen LogP contribution in [-0.2, 0) is 9.53 Å². The third-order valence-corrected chi connectivity index (χ3v) is 1.73. The van der Waals surface area contributed by atoms with E-state index in [1.54, 1.807) is 19.2 Å². The van der Waals surface area contributed by atoms with Gasteiger partial charge in [-0.3, -0.25) is 0 Å². The average molecular weight is 220 g/mol. The molecule has 0 N–H and O–H groups in total.